The second-order valence-corrected chi connectivity index (χ2v) is 7.28. The van der Waals surface area contributed by atoms with E-state index in [9.17, 15) is 14.4 Å². The molecule has 8 nitrogen and oxygen atoms in total. The smallest absolute Gasteiger partial charge is 0.329 e. The van der Waals surface area contributed by atoms with Gasteiger partial charge in [0, 0.05) is 30.7 Å². The van der Waals surface area contributed by atoms with Gasteiger partial charge in [0.25, 0.3) is 11.5 Å². The van der Waals surface area contributed by atoms with Crippen molar-refractivity contribution in [2.75, 3.05) is 6.54 Å². The number of aromatic amines is 1. The summed E-state index contributed by atoms with van der Waals surface area (Å²) in [6.07, 6.45) is 4.21. The number of nitrogens with two attached hydrogens (primary N) is 1. The van der Waals surface area contributed by atoms with Gasteiger partial charge in [-0.25, -0.2) is 9.78 Å². The van der Waals surface area contributed by atoms with Gasteiger partial charge in [-0.05, 0) is 44.6 Å². The van der Waals surface area contributed by atoms with E-state index in [0.29, 0.717) is 24.9 Å². The number of nitrogens with one attached hydrogen (secondary N) is 2. The van der Waals surface area contributed by atoms with Crippen molar-refractivity contribution in [1.29, 1.82) is 0 Å². The molecule has 26 heavy (non-hydrogen) atoms. The first-order valence-electron chi connectivity index (χ1n) is 9.21. The van der Waals surface area contributed by atoms with Crippen LogP contribution in [-0.2, 0) is 6.54 Å². The van der Waals surface area contributed by atoms with Gasteiger partial charge in [-0.1, -0.05) is 0 Å². The molecule has 0 saturated heterocycles. The van der Waals surface area contributed by atoms with Crippen LogP contribution in [0.3, 0.4) is 0 Å². The zero-order chi connectivity index (χ0) is 18.4. The molecule has 4 rings (SSSR count). The maximum absolute atomic E-state index is 12.8. The molecule has 2 aliphatic rings. The monoisotopic (exact) mass is 357 g/mol. The van der Waals surface area contributed by atoms with Crippen LogP contribution >= 0.6 is 0 Å². The Balaban J connectivity index is 1.80. The Morgan fingerprint density at radius 2 is 2.12 bits per heavy atom. The highest BCUT2D eigenvalue weighted by atomic mass is 16.2. The molecule has 2 aliphatic carbocycles. The first kappa shape index (κ1) is 17.0. The van der Waals surface area contributed by atoms with Crippen molar-refractivity contribution in [3.8, 4) is 0 Å². The SMILES string of the molecule is CCn1c(=O)[nH]c(=O)c2c(C(=O)NCC(N)C3CC3)cc(C3CC3)nc21. The summed E-state index contributed by atoms with van der Waals surface area (Å²) in [6, 6.07) is 1.62. The molecule has 0 aliphatic heterocycles. The number of H-pyrrole nitrogens is 1. The summed E-state index contributed by atoms with van der Waals surface area (Å²) in [5.74, 6) is 0.418. The molecule has 4 N–H and O–H groups in total. The van der Waals surface area contributed by atoms with Crippen LogP contribution in [-0.4, -0.2) is 33.0 Å². The summed E-state index contributed by atoms with van der Waals surface area (Å²) in [6.45, 7) is 2.54. The normalized spacial score (nSPS) is 18.1. The van der Waals surface area contributed by atoms with Crippen molar-refractivity contribution < 1.29 is 4.79 Å². The first-order chi connectivity index (χ1) is 12.5. The first-order valence-corrected chi connectivity index (χ1v) is 9.21. The Morgan fingerprint density at radius 1 is 1.38 bits per heavy atom. The molecular weight excluding hydrogens is 334 g/mol. The highest BCUT2D eigenvalue weighted by Crippen LogP contribution is 2.39. The standard InChI is InChI=1S/C18H23N5O3/c1-2-23-15-14(17(25)22-18(23)26)11(7-13(21-15)10-5-6-10)16(24)20-8-12(19)9-3-4-9/h7,9-10,12H,2-6,8,19H2,1H3,(H,20,24)(H,22,25,26). The maximum Gasteiger partial charge on any atom is 0.329 e. The van der Waals surface area contributed by atoms with E-state index >= 15 is 0 Å². The quantitative estimate of drug-likeness (QED) is 0.693. The van der Waals surface area contributed by atoms with Gasteiger partial charge in [0.15, 0.2) is 5.65 Å². The van der Waals surface area contributed by atoms with Crippen LogP contribution in [0.1, 0.15) is 54.6 Å². The van der Waals surface area contributed by atoms with Gasteiger partial charge >= 0.3 is 5.69 Å². The molecule has 1 atom stereocenters. The fourth-order valence-electron chi connectivity index (χ4n) is 3.35. The number of fused-ring (bicyclic) bond motifs is 1. The van der Waals surface area contributed by atoms with Gasteiger partial charge in [0.05, 0.1) is 10.9 Å². The van der Waals surface area contributed by atoms with Crippen LogP contribution in [0, 0.1) is 5.92 Å². The van der Waals surface area contributed by atoms with Crippen LogP contribution in [0.15, 0.2) is 15.7 Å². The summed E-state index contributed by atoms with van der Waals surface area (Å²) in [4.78, 5) is 44.2. The number of carbonyl (C=O) groups excluding carboxylic acids is 1. The Hall–Kier alpha value is -2.48. The summed E-state index contributed by atoms with van der Waals surface area (Å²) >= 11 is 0. The fourth-order valence-corrected chi connectivity index (χ4v) is 3.35. The molecule has 0 spiro atoms. The van der Waals surface area contributed by atoms with E-state index in [4.69, 9.17) is 5.73 Å². The molecule has 2 heterocycles. The number of aromatic nitrogens is 3. The number of hydrogen-bond acceptors (Lipinski definition) is 5. The lowest BCUT2D eigenvalue weighted by molar-refractivity contribution is 0.0951. The zero-order valence-corrected chi connectivity index (χ0v) is 14.7. The van der Waals surface area contributed by atoms with E-state index in [2.05, 4.69) is 15.3 Å². The van der Waals surface area contributed by atoms with E-state index in [0.717, 1.165) is 31.4 Å². The van der Waals surface area contributed by atoms with Crippen LogP contribution in [0.25, 0.3) is 11.0 Å². The van der Waals surface area contributed by atoms with Gasteiger partial charge in [-0.3, -0.25) is 19.1 Å². The van der Waals surface area contributed by atoms with Crippen LogP contribution in [0.5, 0.6) is 0 Å². The van der Waals surface area contributed by atoms with Gasteiger partial charge in [-0.2, -0.15) is 0 Å². The number of carbonyl (C=O) groups is 1. The highest BCUT2D eigenvalue weighted by Gasteiger charge is 2.30. The number of nitrogens with zero attached hydrogens (tertiary/aromatic N) is 2. The third-order valence-corrected chi connectivity index (χ3v) is 5.25. The number of rotatable bonds is 6. The minimum absolute atomic E-state index is 0.0675. The largest absolute Gasteiger partial charge is 0.350 e. The molecule has 8 heteroatoms. The molecule has 1 amide bonds. The number of hydrogen-bond donors (Lipinski definition) is 3. The predicted molar refractivity (Wildman–Crippen MR) is 97.3 cm³/mol. The van der Waals surface area contributed by atoms with Crippen molar-refractivity contribution in [3.05, 3.63) is 38.2 Å². The van der Waals surface area contributed by atoms with Gasteiger partial charge in [0.2, 0.25) is 0 Å². The van der Waals surface area contributed by atoms with Gasteiger partial charge in [0.1, 0.15) is 0 Å². The summed E-state index contributed by atoms with van der Waals surface area (Å²) in [5.41, 5.74) is 6.28. The Morgan fingerprint density at radius 3 is 2.73 bits per heavy atom. The summed E-state index contributed by atoms with van der Waals surface area (Å²) in [7, 11) is 0. The topological polar surface area (TPSA) is 123 Å². The maximum atomic E-state index is 12.8. The summed E-state index contributed by atoms with van der Waals surface area (Å²) < 4.78 is 1.40. The minimum atomic E-state index is -0.582. The molecule has 2 saturated carbocycles. The van der Waals surface area contributed by atoms with E-state index in [1.54, 1.807) is 13.0 Å². The van der Waals surface area contributed by atoms with Crippen LogP contribution < -0.4 is 22.3 Å². The van der Waals surface area contributed by atoms with E-state index in [-0.39, 0.29) is 28.5 Å². The third-order valence-electron chi connectivity index (χ3n) is 5.25. The predicted octanol–water partition coefficient (Wildman–Crippen LogP) is 0.449. The second kappa shape index (κ2) is 6.35. The molecule has 0 aromatic carbocycles. The Kier molecular flexibility index (Phi) is 4.14. The van der Waals surface area contributed by atoms with E-state index in [1.807, 2.05) is 0 Å². The lowest BCUT2D eigenvalue weighted by Crippen LogP contribution is -2.39. The molecular formula is C18H23N5O3. The average Bonchev–Trinajstić information content (AvgIpc) is 3.49. The van der Waals surface area contributed by atoms with Crippen molar-refractivity contribution >= 4 is 16.9 Å². The van der Waals surface area contributed by atoms with E-state index < -0.39 is 11.2 Å². The second-order valence-electron chi connectivity index (χ2n) is 7.28. The number of aryl methyl sites for hydroxylation is 1. The van der Waals surface area contributed by atoms with E-state index in [1.165, 1.54) is 4.57 Å². The summed E-state index contributed by atoms with van der Waals surface area (Å²) in [5, 5.41) is 3.01. The fraction of sp³-hybridized carbons (Fsp3) is 0.556. The van der Waals surface area contributed by atoms with Crippen molar-refractivity contribution in [2.24, 2.45) is 11.7 Å². The Labute approximate surface area is 149 Å². The minimum Gasteiger partial charge on any atom is -0.350 e. The molecule has 2 aromatic heterocycles. The molecule has 0 radical (unpaired) electrons. The Bertz CT molecular complexity index is 985. The highest BCUT2D eigenvalue weighted by molar-refractivity contribution is 6.05. The number of pyridine rings is 1. The lowest BCUT2D eigenvalue weighted by atomic mass is 10.1. The van der Waals surface area contributed by atoms with Crippen molar-refractivity contribution in [3.63, 3.8) is 0 Å². The van der Waals surface area contributed by atoms with Gasteiger partial charge < -0.3 is 11.1 Å². The van der Waals surface area contributed by atoms with Crippen LogP contribution in [0.2, 0.25) is 0 Å². The van der Waals surface area contributed by atoms with Crippen molar-refractivity contribution in [1.82, 2.24) is 19.9 Å². The molecule has 0 bridgehead atoms. The van der Waals surface area contributed by atoms with Crippen LogP contribution in [0.4, 0.5) is 0 Å². The molecule has 2 aromatic rings. The molecule has 138 valence electrons. The molecule has 1 unspecified atom stereocenters. The zero-order valence-electron chi connectivity index (χ0n) is 14.7. The van der Waals surface area contributed by atoms with Gasteiger partial charge in [-0.15, -0.1) is 0 Å². The lowest BCUT2D eigenvalue weighted by Gasteiger charge is -2.14. The average molecular weight is 357 g/mol. The molecule has 2 fully saturated rings. The number of amides is 1. The van der Waals surface area contributed by atoms with Crippen molar-refractivity contribution in [2.45, 2.75) is 51.1 Å². The third kappa shape index (κ3) is 3.05.